The summed E-state index contributed by atoms with van der Waals surface area (Å²) in [6, 6.07) is 5.36. The molecule has 0 bridgehead atoms. The number of benzene rings is 1. The number of aromatic nitrogens is 1. The molecule has 0 spiro atoms. The van der Waals surface area contributed by atoms with E-state index < -0.39 is 0 Å². The molecular formula is C13H14ClFN2S. The number of hydrogen-bond donors (Lipinski definition) is 1. The van der Waals surface area contributed by atoms with Crippen LogP contribution in [0, 0.1) is 5.82 Å². The summed E-state index contributed by atoms with van der Waals surface area (Å²) in [7, 11) is 0. The highest BCUT2D eigenvalue weighted by molar-refractivity contribution is 7.98. The maximum atomic E-state index is 14.3. The van der Waals surface area contributed by atoms with E-state index >= 15 is 0 Å². The van der Waals surface area contributed by atoms with Crippen molar-refractivity contribution in [3.8, 4) is 0 Å². The van der Waals surface area contributed by atoms with Crippen LogP contribution in [0.5, 0.6) is 0 Å². The minimum Gasteiger partial charge on any atom is -0.379 e. The number of anilines is 1. The van der Waals surface area contributed by atoms with Crippen molar-refractivity contribution in [1.82, 2.24) is 4.98 Å². The van der Waals surface area contributed by atoms with Gasteiger partial charge in [-0.15, -0.1) is 0 Å². The van der Waals surface area contributed by atoms with Crippen LogP contribution in [0.3, 0.4) is 0 Å². The van der Waals surface area contributed by atoms with Gasteiger partial charge in [0.1, 0.15) is 5.52 Å². The van der Waals surface area contributed by atoms with Crippen LogP contribution in [-0.4, -0.2) is 23.0 Å². The third-order valence-electron chi connectivity index (χ3n) is 2.62. The molecule has 1 N–H and O–H groups in total. The summed E-state index contributed by atoms with van der Waals surface area (Å²) in [6.45, 7) is 2.02. The lowest BCUT2D eigenvalue weighted by molar-refractivity contribution is 0.637. The maximum Gasteiger partial charge on any atom is 0.172 e. The van der Waals surface area contributed by atoms with E-state index in [4.69, 9.17) is 11.6 Å². The highest BCUT2D eigenvalue weighted by atomic mass is 35.5. The second-order valence-electron chi connectivity index (χ2n) is 4.12. The summed E-state index contributed by atoms with van der Waals surface area (Å²) in [5, 5.41) is 4.30. The second-order valence-corrected chi connectivity index (χ2v) is 5.43. The Morgan fingerprint density at radius 3 is 2.94 bits per heavy atom. The first-order valence-electron chi connectivity index (χ1n) is 5.61. The van der Waals surface area contributed by atoms with Crippen molar-refractivity contribution in [2.24, 2.45) is 0 Å². The lowest BCUT2D eigenvalue weighted by atomic mass is 10.2. The molecule has 2 rings (SSSR count). The van der Waals surface area contributed by atoms with E-state index in [9.17, 15) is 4.39 Å². The number of nitrogens with zero attached hydrogens (tertiary/aromatic N) is 1. The normalized spacial score (nSPS) is 12.7. The Morgan fingerprint density at radius 2 is 2.22 bits per heavy atom. The SMILES string of the molecule is CSCC(C)Nc1ccc2c(Cl)ccnc2c1F. The summed E-state index contributed by atoms with van der Waals surface area (Å²) < 4.78 is 14.3. The molecule has 1 aromatic heterocycles. The van der Waals surface area contributed by atoms with E-state index in [1.54, 1.807) is 30.0 Å². The van der Waals surface area contributed by atoms with Crippen LogP contribution in [0.1, 0.15) is 6.92 Å². The molecule has 0 saturated heterocycles. The largest absolute Gasteiger partial charge is 0.379 e. The lowest BCUT2D eigenvalue weighted by Crippen LogP contribution is -2.18. The van der Waals surface area contributed by atoms with Crippen LogP contribution in [-0.2, 0) is 0 Å². The number of rotatable bonds is 4. The predicted octanol–water partition coefficient (Wildman–Crippen LogP) is 4.19. The van der Waals surface area contributed by atoms with Gasteiger partial charge in [-0.1, -0.05) is 11.6 Å². The Hall–Kier alpha value is -1.00. The van der Waals surface area contributed by atoms with E-state index in [-0.39, 0.29) is 11.9 Å². The van der Waals surface area contributed by atoms with Crippen LogP contribution in [0.4, 0.5) is 10.1 Å². The fourth-order valence-electron chi connectivity index (χ4n) is 1.82. The van der Waals surface area contributed by atoms with Gasteiger partial charge in [0.15, 0.2) is 5.82 Å². The zero-order valence-electron chi connectivity index (χ0n) is 10.2. The zero-order valence-corrected chi connectivity index (χ0v) is 11.8. The van der Waals surface area contributed by atoms with Gasteiger partial charge in [-0.2, -0.15) is 11.8 Å². The molecule has 2 aromatic rings. The van der Waals surface area contributed by atoms with Crippen molar-refractivity contribution in [1.29, 1.82) is 0 Å². The Morgan fingerprint density at radius 1 is 1.44 bits per heavy atom. The third kappa shape index (κ3) is 2.70. The fourth-order valence-corrected chi connectivity index (χ4v) is 2.61. The summed E-state index contributed by atoms with van der Waals surface area (Å²) >= 11 is 7.73. The van der Waals surface area contributed by atoms with Crippen LogP contribution in [0.2, 0.25) is 5.02 Å². The van der Waals surface area contributed by atoms with Crippen molar-refractivity contribution < 1.29 is 4.39 Å². The lowest BCUT2D eigenvalue weighted by Gasteiger charge is -2.15. The van der Waals surface area contributed by atoms with Gasteiger partial charge in [0.25, 0.3) is 0 Å². The molecule has 1 aromatic carbocycles. The van der Waals surface area contributed by atoms with E-state index in [1.807, 2.05) is 13.2 Å². The molecule has 96 valence electrons. The van der Waals surface area contributed by atoms with E-state index in [2.05, 4.69) is 10.3 Å². The summed E-state index contributed by atoms with van der Waals surface area (Å²) in [4.78, 5) is 4.05. The summed E-state index contributed by atoms with van der Waals surface area (Å²) in [5.41, 5.74) is 0.780. The van der Waals surface area contributed by atoms with Gasteiger partial charge in [0.05, 0.1) is 10.7 Å². The molecule has 0 saturated carbocycles. The fraction of sp³-hybridized carbons (Fsp3) is 0.308. The maximum absolute atomic E-state index is 14.3. The highest BCUT2D eigenvalue weighted by Gasteiger charge is 2.12. The first-order chi connectivity index (χ1) is 8.63. The molecule has 0 aliphatic rings. The Labute approximate surface area is 115 Å². The molecule has 1 atom stereocenters. The number of fused-ring (bicyclic) bond motifs is 1. The molecule has 18 heavy (non-hydrogen) atoms. The third-order valence-corrected chi connectivity index (χ3v) is 3.78. The van der Waals surface area contributed by atoms with Gasteiger partial charge in [0, 0.05) is 23.4 Å². The quantitative estimate of drug-likeness (QED) is 0.911. The monoisotopic (exact) mass is 284 g/mol. The van der Waals surface area contributed by atoms with Gasteiger partial charge >= 0.3 is 0 Å². The summed E-state index contributed by atoms with van der Waals surface area (Å²) in [6.07, 6.45) is 3.54. The molecule has 0 aliphatic heterocycles. The van der Waals surface area contributed by atoms with E-state index in [0.717, 1.165) is 5.75 Å². The Kier molecular flexibility index (Phi) is 4.30. The van der Waals surface area contributed by atoms with Gasteiger partial charge in [-0.25, -0.2) is 4.39 Å². The van der Waals surface area contributed by atoms with Crippen LogP contribution in [0.25, 0.3) is 10.9 Å². The Bertz CT molecular complexity index is 562. The molecule has 0 radical (unpaired) electrons. The average Bonchev–Trinajstić information content (AvgIpc) is 2.34. The zero-order chi connectivity index (χ0) is 13.1. The first-order valence-corrected chi connectivity index (χ1v) is 7.39. The smallest absolute Gasteiger partial charge is 0.172 e. The minimum absolute atomic E-state index is 0.200. The van der Waals surface area contributed by atoms with E-state index in [1.165, 1.54) is 6.20 Å². The Balaban J connectivity index is 2.39. The molecule has 0 fully saturated rings. The van der Waals surface area contributed by atoms with Gasteiger partial charge in [0.2, 0.25) is 0 Å². The molecule has 0 amide bonds. The molecule has 5 heteroatoms. The minimum atomic E-state index is -0.344. The summed E-state index contributed by atoms with van der Waals surface area (Å²) in [5.74, 6) is 0.573. The number of pyridine rings is 1. The average molecular weight is 285 g/mol. The van der Waals surface area contributed by atoms with E-state index in [0.29, 0.717) is 21.6 Å². The van der Waals surface area contributed by atoms with Gasteiger partial charge in [-0.05, 0) is 31.4 Å². The topological polar surface area (TPSA) is 24.9 Å². The van der Waals surface area contributed by atoms with Crippen molar-refractivity contribution in [2.75, 3.05) is 17.3 Å². The van der Waals surface area contributed by atoms with Crippen LogP contribution < -0.4 is 5.32 Å². The van der Waals surface area contributed by atoms with Crippen LogP contribution in [0.15, 0.2) is 24.4 Å². The van der Waals surface area contributed by atoms with Crippen molar-refractivity contribution in [3.63, 3.8) is 0 Å². The number of thioether (sulfide) groups is 1. The van der Waals surface area contributed by atoms with Gasteiger partial charge < -0.3 is 5.32 Å². The molecule has 1 heterocycles. The molecule has 0 aliphatic carbocycles. The van der Waals surface area contributed by atoms with Gasteiger partial charge in [-0.3, -0.25) is 4.98 Å². The first kappa shape index (κ1) is 13.4. The second kappa shape index (κ2) is 5.76. The number of hydrogen-bond acceptors (Lipinski definition) is 3. The standard InChI is InChI=1S/C13H14ClFN2S/c1-8(7-18-2)17-11-4-3-9-10(14)5-6-16-13(9)12(11)15/h3-6,8,17H,7H2,1-2H3. The van der Waals surface area contributed by atoms with Crippen molar-refractivity contribution in [3.05, 3.63) is 35.2 Å². The highest BCUT2D eigenvalue weighted by Crippen LogP contribution is 2.28. The number of halogens is 2. The molecule has 1 unspecified atom stereocenters. The van der Waals surface area contributed by atoms with Crippen LogP contribution >= 0.6 is 23.4 Å². The molecule has 2 nitrogen and oxygen atoms in total. The van der Waals surface area contributed by atoms with Crippen molar-refractivity contribution >= 4 is 40.0 Å². The van der Waals surface area contributed by atoms with Crippen molar-refractivity contribution in [2.45, 2.75) is 13.0 Å². The predicted molar refractivity (Wildman–Crippen MR) is 78.2 cm³/mol. The number of nitrogens with one attached hydrogen (secondary N) is 1. The molecular weight excluding hydrogens is 271 g/mol.